The zero-order valence-corrected chi connectivity index (χ0v) is 13.0. The maximum atomic E-state index is 5.93. The van der Waals surface area contributed by atoms with Crippen molar-refractivity contribution < 1.29 is 9.47 Å². The van der Waals surface area contributed by atoms with Crippen molar-refractivity contribution in [2.24, 2.45) is 0 Å². The third-order valence-electron chi connectivity index (χ3n) is 3.68. The third kappa shape index (κ3) is 4.80. The predicted molar refractivity (Wildman–Crippen MR) is 82.4 cm³/mol. The van der Waals surface area contributed by atoms with Crippen LogP contribution < -0.4 is 10.1 Å². The van der Waals surface area contributed by atoms with E-state index in [2.05, 4.69) is 31.3 Å². The van der Waals surface area contributed by atoms with Crippen LogP contribution in [0, 0.1) is 13.8 Å². The van der Waals surface area contributed by atoms with E-state index in [-0.39, 0.29) is 0 Å². The summed E-state index contributed by atoms with van der Waals surface area (Å²) < 4.78 is 11.0. The Hall–Kier alpha value is -1.06. The minimum Gasteiger partial charge on any atom is -0.493 e. The SMILES string of the molecule is COCCCCOc1c(C)cc(CNC2CC2)cc1C. The minimum absolute atomic E-state index is 0.757. The summed E-state index contributed by atoms with van der Waals surface area (Å²) in [6.45, 7) is 6.83. The molecule has 1 saturated carbocycles. The van der Waals surface area contributed by atoms with Crippen LogP contribution in [0.2, 0.25) is 0 Å². The van der Waals surface area contributed by atoms with Gasteiger partial charge in [-0.1, -0.05) is 12.1 Å². The fourth-order valence-electron chi connectivity index (χ4n) is 2.44. The number of methoxy groups -OCH3 is 1. The molecule has 0 bridgehead atoms. The van der Waals surface area contributed by atoms with Gasteiger partial charge in [-0.05, 0) is 56.2 Å². The number of rotatable bonds is 9. The lowest BCUT2D eigenvalue weighted by molar-refractivity contribution is 0.184. The lowest BCUT2D eigenvalue weighted by Crippen LogP contribution is -2.15. The molecule has 0 amide bonds. The number of hydrogen-bond donors (Lipinski definition) is 1. The molecule has 0 heterocycles. The van der Waals surface area contributed by atoms with Gasteiger partial charge in [0.1, 0.15) is 5.75 Å². The largest absolute Gasteiger partial charge is 0.493 e. The number of unbranched alkanes of at least 4 members (excludes halogenated alkanes) is 1. The van der Waals surface area contributed by atoms with Crippen LogP contribution in [0.15, 0.2) is 12.1 Å². The van der Waals surface area contributed by atoms with Gasteiger partial charge in [0.05, 0.1) is 6.61 Å². The average Bonchev–Trinajstić information content (AvgIpc) is 3.23. The molecule has 1 aromatic rings. The topological polar surface area (TPSA) is 30.5 Å². The van der Waals surface area contributed by atoms with Crippen molar-refractivity contribution >= 4 is 0 Å². The Labute approximate surface area is 122 Å². The first-order chi connectivity index (χ1) is 9.70. The van der Waals surface area contributed by atoms with Gasteiger partial charge in [0.15, 0.2) is 0 Å². The zero-order chi connectivity index (χ0) is 14.4. The summed E-state index contributed by atoms with van der Waals surface area (Å²) in [5, 5.41) is 3.56. The van der Waals surface area contributed by atoms with E-state index in [1.54, 1.807) is 7.11 Å². The van der Waals surface area contributed by atoms with Crippen molar-refractivity contribution in [1.29, 1.82) is 0 Å². The molecule has 112 valence electrons. The van der Waals surface area contributed by atoms with E-state index in [0.29, 0.717) is 0 Å². The van der Waals surface area contributed by atoms with Gasteiger partial charge in [0, 0.05) is 26.3 Å². The fraction of sp³-hybridized carbons (Fsp3) is 0.647. The summed E-state index contributed by atoms with van der Waals surface area (Å²) in [4.78, 5) is 0. The van der Waals surface area contributed by atoms with Gasteiger partial charge in [-0.25, -0.2) is 0 Å². The highest BCUT2D eigenvalue weighted by Gasteiger charge is 2.20. The standard InChI is InChI=1S/C17H27NO2/c1-13-10-15(12-18-16-6-7-16)11-14(2)17(13)20-9-5-4-8-19-3/h10-11,16,18H,4-9,12H2,1-3H3. The Morgan fingerprint density at radius 3 is 2.35 bits per heavy atom. The average molecular weight is 277 g/mol. The quantitative estimate of drug-likeness (QED) is 0.702. The van der Waals surface area contributed by atoms with Gasteiger partial charge < -0.3 is 14.8 Å². The Balaban J connectivity index is 1.84. The first kappa shape index (κ1) is 15.3. The summed E-state index contributed by atoms with van der Waals surface area (Å²) in [7, 11) is 1.74. The second-order valence-corrected chi connectivity index (χ2v) is 5.76. The number of aryl methyl sites for hydroxylation is 2. The number of benzene rings is 1. The molecule has 0 aliphatic heterocycles. The zero-order valence-electron chi connectivity index (χ0n) is 13.0. The van der Waals surface area contributed by atoms with Crippen LogP contribution in [0.3, 0.4) is 0 Å². The van der Waals surface area contributed by atoms with Crippen molar-refractivity contribution in [1.82, 2.24) is 5.32 Å². The fourth-order valence-corrected chi connectivity index (χ4v) is 2.44. The first-order valence-electron chi connectivity index (χ1n) is 7.66. The lowest BCUT2D eigenvalue weighted by Gasteiger charge is -2.14. The summed E-state index contributed by atoms with van der Waals surface area (Å²) in [6.07, 6.45) is 4.76. The van der Waals surface area contributed by atoms with Gasteiger partial charge in [-0.3, -0.25) is 0 Å². The van der Waals surface area contributed by atoms with Crippen molar-refractivity contribution in [3.05, 3.63) is 28.8 Å². The number of ether oxygens (including phenoxy) is 2. The molecule has 0 saturated heterocycles. The Kier molecular flexibility index (Phi) is 5.86. The van der Waals surface area contributed by atoms with Crippen molar-refractivity contribution in [2.45, 2.75) is 52.1 Å². The Morgan fingerprint density at radius 1 is 1.10 bits per heavy atom. The van der Waals surface area contributed by atoms with Gasteiger partial charge in [-0.2, -0.15) is 0 Å². The van der Waals surface area contributed by atoms with Crippen LogP contribution in [0.4, 0.5) is 0 Å². The number of hydrogen-bond acceptors (Lipinski definition) is 3. The van der Waals surface area contributed by atoms with E-state index in [4.69, 9.17) is 9.47 Å². The van der Waals surface area contributed by atoms with Crippen molar-refractivity contribution in [3.63, 3.8) is 0 Å². The molecule has 1 aliphatic carbocycles. The van der Waals surface area contributed by atoms with E-state index in [1.807, 2.05) is 0 Å². The molecular formula is C17H27NO2. The maximum Gasteiger partial charge on any atom is 0.125 e. The molecule has 0 aromatic heterocycles. The van der Waals surface area contributed by atoms with E-state index in [9.17, 15) is 0 Å². The molecule has 1 fully saturated rings. The summed E-state index contributed by atoms with van der Waals surface area (Å²) in [6, 6.07) is 5.24. The van der Waals surface area contributed by atoms with Crippen LogP contribution in [0.25, 0.3) is 0 Å². The van der Waals surface area contributed by atoms with Gasteiger partial charge in [0.2, 0.25) is 0 Å². The monoisotopic (exact) mass is 277 g/mol. The van der Waals surface area contributed by atoms with Gasteiger partial charge in [-0.15, -0.1) is 0 Å². The summed E-state index contributed by atoms with van der Waals surface area (Å²) in [5.74, 6) is 1.05. The second kappa shape index (κ2) is 7.65. The number of nitrogens with one attached hydrogen (secondary N) is 1. The molecule has 3 nitrogen and oxygen atoms in total. The van der Waals surface area contributed by atoms with E-state index < -0.39 is 0 Å². The van der Waals surface area contributed by atoms with Gasteiger partial charge >= 0.3 is 0 Å². The highest BCUT2D eigenvalue weighted by Crippen LogP contribution is 2.26. The smallest absolute Gasteiger partial charge is 0.125 e. The molecule has 0 radical (unpaired) electrons. The molecular weight excluding hydrogens is 250 g/mol. The highest BCUT2D eigenvalue weighted by molar-refractivity contribution is 5.43. The second-order valence-electron chi connectivity index (χ2n) is 5.76. The Bertz CT molecular complexity index is 404. The molecule has 1 aliphatic rings. The molecule has 0 unspecified atom stereocenters. The molecule has 1 N–H and O–H groups in total. The molecule has 1 aromatic carbocycles. The Morgan fingerprint density at radius 2 is 1.75 bits per heavy atom. The van der Waals surface area contributed by atoms with Crippen LogP contribution in [-0.2, 0) is 11.3 Å². The highest BCUT2D eigenvalue weighted by atomic mass is 16.5. The molecule has 20 heavy (non-hydrogen) atoms. The maximum absolute atomic E-state index is 5.93. The first-order valence-corrected chi connectivity index (χ1v) is 7.66. The van der Waals surface area contributed by atoms with Crippen LogP contribution in [0.5, 0.6) is 5.75 Å². The normalized spacial score (nSPS) is 14.6. The van der Waals surface area contributed by atoms with Crippen LogP contribution in [0.1, 0.15) is 42.4 Å². The third-order valence-corrected chi connectivity index (χ3v) is 3.68. The minimum atomic E-state index is 0.757. The van der Waals surface area contributed by atoms with Crippen LogP contribution in [-0.4, -0.2) is 26.4 Å². The van der Waals surface area contributed by atoms with E-state index >= 15 is 0 Å². The molecule has 0 spiro atoms. The molecule has 3 heteroatoms. The molecule has 0 atom stereocenters. The van der Waals surface area contributed by atoms with Crippen molar-refractivity contribution in [3.8, 4) is 5.75 Å². The lowest BCUT2D eigenvalue weighted by atomic mass is 10.1. The van der Waals surface area contributed by atoms with Crippen molar-refractivity contribution in [2.75, 3.05) is 20.3 Å². The summed E-state index contributed by atoms with van der Waals surface area (Å²) in [5.41, 5.74) is 3.84. The molecule has 2 rings (SSSR count). The predicted octanol–water partition coefficient (Wildman–Crippen LogP) is 3.36. The summed E-state index contributed by atoms with van der Waals surface area (Å²) >= 11 is 0. The van der Waals surface area contributed by atoms with E-state index in [0.717, 1.165) is 44.4 Å². The van der Waals surface area contributed by atoms with E-state index in [1.165, 1.54) is 29.5 Å². The van der Waals surface area contributed by atoms with Crippen LogP contribution >= 0.6 is 0 Å². The van der Waals surface area contributed by atoms with Gasteiger partial charge in [0.25, 0.3) is 0 Å².